The molecule has 2 aromatic rings. The molecular weight excluding hydrogens is 260 g/mol. The van der Waals surface area contributed by atoms with E-state index in [0.29, 0.717) is 0 Å². The van der Waals surface area contributed by atoms with Crippen molar-refractivity contribution >= 4 is 0 Å². The Labute approximate surface area is 127 Å². The molecule has 0 bridgehead atoms. The van der Waals surface area contributed by atoms with Crippen molar-refractivity contribution in [1.29, 1.82) is 0 Å². The van der Waals surface area contributed by atoms with Gasteiger partial charge in [0.1, 0.15) is 0 Å². The highest BCUT2D eigenvalue weighted by Gasteiger charge is 2.28. The summed E-state index contributed by atoms with van der Waals surface area (Å²) in [5.74, 6) is 0.0640. The standard InChI is InChI=1S/C19H22O2/c1-3-4-5-14-19(2,15-6-10-17(20)11-7-15)16-8-12-18(21)13-9-16/h6-13H,3-5,14H2,1-2H3. The average Bonchev–Trinajstić information content (AvgIpc) is 2.48. The van der Waals surface area contributed by atoms with Gasteiger partial charge in [-0.1, -0.05) is 57.4 Å². The highest BCUT2D eigenvalue weighted by Crippen LogP contribution is 2.38. The lowest BCUT2D eigenvalue weighted by Crippen LogP contribution is -2.23. The van der Waals surface area contributed by atoms with Gasteiger partial charge in [0.15, 0.2) is 11.5 Å². The summed E-state index contributed by atoms with van der Waals surface area (Å²) in [6, 6.07) is 14.1. The Hall–Kier alpha value is -1.96. The minimum Gasteiger partial charge on any atom is -0.290 e. The van der Waals surface area contributed by atoms with Gasteiger partial charge in [-0.15, -0.1) is 0 Å². The van der Waals surface area contributed by atoms with E-state index in [9.17, 15) is 10.2 Å². The van der Waals surface area contributed by atoms with Gasteiger partial charge in [0.2, 0.25) is 0 Å². The third-order valence-electron chi connectivity index (χ3n) is 4.26. The molecule has 2 aromatic carbocycles. The summed E-state index contributed by atoms with van der Waals surface area (Å²) in [6.45, 7) is 4.39. The molecule has 0 aliphatic rings. The normalized spacial score (nSPS) is 11.5. The maximum absolute atomic E-state index is 11.3. The van der Waals surface area contributed by atoms with E-state index in [4.69, 9.17) is 0 Å². The van der Waals surface area contributed by atoms with Crippen molar-refractivity contribution in [2.45, 2.75) is 44.9 Å². The first-order valence-corrected chi connectivity index (χ1v) is 7.61. The zero-order valence-electron chi connectivity index (χ0n) is 12.8. The molecule has 0 aliphatic carbocycles. The van der Waals surface area contributed by atoms with Crippen molar-refractivity contribution in [1.82, 2.24) is 0 Å². The van der Waals surface area contributed by atoms with E-state index in [0.717, 1.165) is 24.0 Å². The number of hydrogen-bond donors (Lipinski definition) is 0. The van der Waals surface area contributed by atoms with E-state index in [2.05, 4.69) is 13.8 Å². The van der Waals surface area contributed by atoms with Gasteiger partial charge in [0.25, 0.3) is 0 Å². The highest BCUT2D eigenvalue weighted by molar-refractivity contribution is 5.42. The van der Waals surface area contributed by atoms with E-state index < -0.39 is 0 Å². The summed E-state index contributed by atoms with van der Waals surface area (Å²) in [4.78, 5) is 0. The molecule has 0 amide bonds. The summed E-state index contributed by atoms with van der Waals surface area (Å²) in [6.07, 6.45) is 4.51. The van der Waals surface area contributed by atoms with Crippen LogP contribution in [0.4, 0.5) is 0 Å². The molecule has 0 unspecified atom stereocenters. The van der Waals surface area contributed by atoms with Crippen molar-refractivity contribution in [3.63, 3.8) is 0 Å². The minimum atomic E-state index is -0.156. The molecule has 0 aromatic heterocycles. The second-order valence-corrected chi connectivity index (χ2v) is 5.84. The molecule has 0 heterocycles. The third-order valence-corrected chi connectivity index (χ3v) is 4.26. The first-order chi connectivity index (χ1) is 10.1. The summed E-state index contributed by atoms with van der Waals surface area (Å²) < 4.78 is 0. The van der Waals surface area contributed by atoms with Crippen molar-refractivity contribution in [3.8, 4) is 11.5 Å². The fourth-order valence-electron chi connectivity index (χ4n) is 2.83. The van der Waals surface area contributed by atoms with Crippen molar-refractivity contribution in [2.24, 2.45) is 0 Å². The van der Waals surface area contributed by atoms with Crippen LogP contribution in [0.25, 0.3) is 0 Å². The number of benzene rings is 2. The van der Waals surface area contributed by atoms with E-state index in [-0.39, 0.29) is 16.9 Å². The van der Waals surface area contributed by atoms with Gasteiger partial charge in [-0.2, -0.15) is 0 Å². The molecule has 2 heteroatoms. The molecule has 21 heavy (non-hydrogen) atoms. The molecule has 2 radical (unpaired) electrons. The van der Waals surface area contributed by atoms with Crippen molar-refractivity contribution < 1.29 is 10.2 Å². The Balaban J connectivity index is 2.37. The Morgan fingerprint density at radius 2 is 1.19 bits per heavy atom. The molecule has 0 fully saturated rings. The molecule has 110 valence electrons. The summed E-state index contributed by atoms with van der Waals surface area (Å²) in [7, 11) is 0. The molecule has 0 N–H and O–H groups in total. The van der Waals surface area contributed by atoms with Crippen LogP contribution in [0.5, 0.6) is 11.5 Å². The Morgan fingerprint density at radius 1 is 0.762 bits per heavy atom. The predicted octanol–water partition coefficient (Wildman–Crippen LogP) is 5.86. The molecule has 2 rings (SSSR count). The Morgan fingerprint density at radius 3 is 1.57 bits per heavy atom. The quantitative estimate of drug-likeness (QED) is 0.595. The van der Waals surface area contributed by atoms with Crippen LogP contribution in [0, 0.1) is 0 Å². The van der Waals surface area contributed by atoms with Crippen LogP contribution in [-0.4, -0.2) is 0 Å². The van der Waals surface area contributed by atoms with Gasteiger partial charge < -0.3 is 0 Å². The maximum atomic E-state index is 11.3. The van der Waals surface area contributed by atoms with E-state index in [1.54, 1.807) is 24.3 Å². The zero-order valence-corrected chi connectivity index (χ0v) is 12.8. The van der Waals surface area contributed by atoms with Crippen LogP contribution >= 0.6 is 0 Å². The zero-order chi connectivity index (χ0) is 15.3. The second-order valence-electron chi connectivity index (χ2n) is 5.84. The summed E-state index contributed by atoms with van der Waals surface area (Å²) in [5.41, 5.74) is 2.12. The van der Waals surface area contributed by atoms with Gasteiger partial charge in [-0.25, -0.2) is 0 Å². The fraction of sp³-hybridized carbons (Fsp3) is 0.368. The van der Waals surface area contributed by atoms with Gasteiger partial charge >= 0.3 is 0 Å². The Kier molecular flexibility index (Phi) is 4.89. The van der Waals surface area contributed by atoms with Crippen LogP contribution in [0.3, 0.4) is 0 Å². The van der Waals surface area contributed by atoms with Gasteiger partial charge in [0, 0.05) is 5.41 Å². The molecular formula is C19H22O2. The molecule has 0 atom stereocenters. The van der Waals surface area contributed by atoms with Crippen LogP contribution in [-0.2, 0) is 15.6 Å². The second kappa shape index (κ2) is 6.66. The SMILES string of the molecule is CCCCCC(C)(c1ccc([O])cc1)c1ccc([O])cc1. The molecule has 0 saturated heterocycles. The van der Waals surface area contributed by atoms with Crippen molar-refractivity contribution in [2.75, 3.05) is 0 Å². The van der Waals surface area contributed by atoms with Crippen LogP contribution in [0.15, 0.2) is 48.5 Å². The van der Waals surface area contributed by atoms with E-state index in [1.165, 1.54) is 12.8 Å². The lowest BCUT2D eigenvalue weighted by Gasteiger charge is -2.31. The van der Waals surface area contributed by atoms with Crippen LogP contribution < -0.4 is 0 Å². The van der Waals surface area contributed by atoms with Gasteiger partial charge in [-0.3, -0.25) is 10.2 Å². The van der Waals surface area contributed by atoms with Crippen LogP contribution in [0.1, 0.15) is 50.7 Å². The lowest BCUT2D eigenvalue weighted by atomic mass is 9.72. The number of unbranched alkanes of at least 4 members (excludes halogenated alkanes) is 2. The molecule has 0 saturated carbocycles. The fourth-order valence-corrected chi connectivity index (χ4v) is 2.83. The first-order valence-electron chi connectivity index (χ1n) is 7.61. The van der Waals surface area contributed by atoms with E-state index >= 15 is 0 Å². The molecule has 2 nitrogen and oxygen atoms in total. The topological polar surface area (TPSA) is 39.8 Å². The summed E-state index contributed by atoms with van der Waals surface area (Å²) >= 11 is 0. The smallest absolute Gasteiger partial charge is 0.178 e. The highest BCUT2D eigenvalue weighted by atomic mass is 16.3. The van der Waals surface area contributed by atoms with Gasteiger partial charge in [0.05, 0.1) is 0 Å². The minimum absolute atomic E-state index is 0.0320. The molecule has 0 aliphatic heterocycles. The lowest BCUT2D eigenvalue weighted by molar-refractivity contribution is 0.354. The van der Waals surface area contributed by atoms with E-state index in [1.807, 2.05) is 24.3 Å². The average molecular weight is 282 g/mol. The number of hydrogen-bond acceptors (Lipinski definition) is 0. The predicted molar refractivity (Wildman–Crippen MR) is 83.7 cm³/mol. The van der Waals surface area contributed by atoms with Crippen molar-refractivity contribution in [3.05, 3.63) is 59.7 Å². The van der Waals surface area contributed by atoms with Gasteiger partial charge in [-0.05, 0) is 41.8 Å². The molecule has 0 spiro atoms. The van der Waals surface area contributed by atoms with Crippen LogP contribution in [0.2, 0.25) is 0 Å². The maximum Gasteiger partial charge on any atom is 0.178 e. The Bertz CT molecular complexity index is 510. The first kappa shape index (κ1) is 15.4. The summed E-state index contributed by atoms with van der Waals surface area (Å²) in [5, 5.41) is 22.7. The number of rotatable bonds is 6. The monoisotopic (exact) mass is 282 g/mol. The largest absolute Gasteiger partial charge is 0.290 e. The third kappa shape index (κ3) is 3.57.